The number of thioether (sulfide) groups is 1. The number of fused-ring (bicyclic) bond motifs is 1. The summed E-state index contributed by atoms with van der Waals surface area (Å²) < 4.78 is 27.8. The van der Waals surface area contributed by atoms with Gasteiger partial charge in [-0.15, -0.1) is 0 Å². The second-order valence-electron chi connectivity index (χ2n) is 8.13. The molecule has 3 aromatic carbocycles. The third kappa shape index (κ3) is 6.28. The van der Waals surface area contributed by atoms with Crippen molar-refractivity contribution < 1.29 is 13.2 Å². The number of nitrogens with zero attached hydrogens (tertiary/aromatic N) is 1. The van der Waals surface area contributed by atoms with Crippen molar-refractivity contribution in [3.8, 4) is 0 Å². The molecule has 0 aliphatic heterocycles. The fourth-order valence-electron chi connectivity index (χ4n) is 3.64. The summed E-state index contributed by atoms with van der Waals surface area (Å²) in [6, 6.07) is 25.5. The maximum atomic E-state index is 12.9. The lowest BCUT2D eigenvalue weighted by Crippen LogP contribution is -2.25. The average molecular weight is 506 g/mol. The molecule has 1 aromatic heterocycles. The molecule has 1 unspecified atom stereocenters. The van der Waals surface area contributed by atoms with Crippen molar-refractivity contribution >= 4 is 44.3 Å². The molecule has 0 radical (unpaired) electrons. The van der Waals surface area contributed by atoms with Gasteiger partial charge in [-0.1, -0.05) is 67.2 Å². The van der Waals surface area contributed by atoms with Crippen LogP contribution in [0.2, 0.25) is 0 Å². The number of aromatic nitrogens is 1. The zero-order valence-electron chi connectivity index (χ0n) is 19.6. The van der Waals surface area contributed by atoms with E-state index in [1.807, 2.05) is 74.5 Å². The minimum atomic E-state index is -3.66. The highest BCUT2D eigenvalue weighted by Gasteiger charge is 2.20. The van der Waals surface area contributed by atoms with Crippen LogP contribution >= 0.6 is 11.8 Å². The van der Waals surface area contributed by atoms with E-state index in [0.717, 1.165) is 27.1 Å². The lowest BCUT2D eigenvalue weighted by molar-refractivity contribution is -0.115. The van der Waals surface area contributed by atoms with Crippen LogP contribution in [0.4, 0.5) is 5.69 Å². The average Bonchev–Trinajstić information content (AvgIpc) is 2.87. The van der Waals surface area contributed by atoms with Crippen LogP contribution in [0.5, 0.6) is 0 Å². The summed E-state index contributed by atoms with van der Waals surface area (Å²) in [5, 5.41) is 4.46. The van der Waals surface area contributed by atoms with Gasteiger partial charge in [0.15, 0.2) is 0 Å². The molecular formula is C27H27N3O3S2. The summed E-state index contributed by atoms with van der Waals surface area (Å²) in [6.45, 7) is 4.21. The van der Waals surface area contributed by atoms with Crippen molar-refractivity contribution in [2.45, 2.75) is 42.0 Å². The number of benzene rings is 3. The van der Waals surface area contributed by atoms with E-state index in [4.69, 9.17) is 4.98 Å². The molecular weight excluding hydrogens is 478 g/mol. The quantitative estimate of drug-likeness (QED) is 0.292. The third-order valence-electron chi connectivity index (χ3n) is 5.57. The molecule has 2 N–H and O–H groups in total. The number of carbonyl (C=O) groups is 1. The minimum Gasteiger partial charge on any atom is -0.325 e. The molecule has 180 valence electrons. The Morgan fingerprint density at radius 3 is 2.37 bits per heavy atom. The lowest BCUT2D eigenvalue weighted by Gasteiger charge is -2.15. The van der Waals surface area contributed by atoms with E-state index in [1.165, 1.54) is 23.9 Å². The third-order valence-corrected chi connectivity index (χ3v) is 8.27. The first kappa shape index (κ1) is 24.9. The van der Waals surface area contributed by atoms with Crippen LogP contribution in [0.1, 0.15) is 24.5 Å². The van der Waals surface area contributed by atoms with E-state index >= 15 is 0 Å². The lowest BCUT2D eigenvalue weighted by atomic mass is 10.1. The van der Waals surface area contributed by atoms with Gasteiger partial charge >= 0.3 is 0 Å². The molecule has 0 aliphatic carbocycles. The van der Waals surface area contributed by atoms with Crippen LogP contribution in [0.3, 0.4) is 0 Å². The van der Waals surface area contributed by atoms with Crippen LogP contribution in [0.25, 0.3) is 10.9 Å². The molecule has 6 nitrogen and oxygen atoms in total. The van der Waals surface area contributed by atoms with Gasteiger partial charge in [0.2, 0.25) is 15.9 Å². The number of carbonyl (C=O) groups excluding carboxylic acids is 1. The number of hydrogen-bond acceptors (Lipinski definition) is 5. The number of hydrogen-bond donors (Lipinski definition) is 2. The first-order valence-corrected chi connectivity index (χ1v) is 13.7. The number of para-hydroxylation sites is 1. The number of rotatable bonds is 9. The molecule has 8 heteroatoms. The van der Waals surface area contributed by atoms with Crippen LogP contribution in [-0.2, 0) is 21.4 Å². The summed E-state index contributed by atoms with van der Waals surface area (Å²) in [5.41, 5.74) is 3.44. The molecule has 0 aliphatic rings. The summed E-state index contributed by atoms with van der Waals surface area (Å²) >= 11 is 1.43. The van der Waals surface area contributed by atoms with Gasteiger partial charge in [-0.05, 0) is 60.9 Å². The number of amides is 1. The van der Waals surface area contributed by atoms with Crippen molar-refractivity contribution in [2.24, 2.45) is 0 Å². The van der Waals surface area contributed by atoms with Crippen LogP contribution in [-0.4, -0.2) is 24.6 Å². The highest BCUT2D eigenvalue weighted by Crippen LogP contribution is 2.29. The van der Waals surface area contributed by atoms with Crippen LogP contribution in [0, 0.1) is 6.92 Å². The summed E-state index contributed by atoms with van der Waals surface area (Å²) in [6.07, 6.45) is 0.625. The van der Waals surface area contributed by atoms with Crippen molar-refractivity contribution in [1.29, 1.82) is 0 Å². The van der Waals surface area contributed by atoms with Gasteiger partial charge in [-0.25, -0.2) is 18.1 Å². The van der Waals surface area contributed by atoms with Crippen LogP contribution in [0.15, 0.2) is 94.9 Å². The number of pyridine rings is 1. The Hall–Kier alpha value is -3.20. The number of anilines is 1. The van der Waals surface area contributed by atoms with Gasteiger partial charge in [-0.2, -0.15) is 0 Å². The molecule has 1 atom stereocenters. The largest absolute Gasteiger partial charge is 0.325 e. The molecule has 0 saturated heterocycles. The van der Waals surface area contributed by atoms with Crippen molar-refractivity contribution in [1.82, 2.24) is 9.71 Å². The maximum Gasteiger partial charge on any atom is 0.240 e. The van der Waals surface area contributed by atoms with Gasteiger partial charge in [0.25, 0.3) is 0 Å². The van der Waals surface area contributed by atoms with Crippen molar-refractivity contribution in [3.63, 3.8) is 0 Å². The Morgan fingerprint density at radius 2 is 1.66 bits per heavy atom. The summed E-state index contributed by atoms with van der Waals surface area (Å²) in [7, 11) is -3.66. The number of nitrogens with one attached hydrogen (secondary N) is 2. The first-order chi connectivity index (χ1) is 16.9. The van der Waals surface area contributed by atoms with E-state index in [0.29, 0.717) is 12.1 Å². The first-order valence-electron chi connectivity index (χ1n) is 11.3. The fraction of sp³-hybridized carbons (Fsp3) is 0.185. The zero-order valence-corrected chi connectivity index (χ0v) is 21.2. The van der Waals surface area contributed by atoms with Crippen LogP contribution < -0.4 is 10.0 Å². The Balaban J connectivity index is 1.40. The Labute approximate surface area is 210 Å². The molecule has 0 saturated carbocycles. The predicted molar refractivity (Wildman–Crippen MR) is 142 cm³/mol. The predicted octanol–water partition coefficient (Wildman–Crippen LogP) is 5.53. The highest BCUT2D eigenvalue weighted by molar-refractivity contribution is 8.00. The minimum absolute atomic E-state index is 0.142. The van der Waals surface area contributed by atoms with E-state index < -0.39 is 10.0 Å². The highest BCUT2D eigenvalue weighted by atomic mass is 32.2. The molecule has 4 aromatic rings. The topological polar surface area (TPSA) is 88.2 Å². The number of sulfonamides is 1. The normalized spacial score (nSPS) is 12.4. The Kier molecular flexibility index (Phi) is 7.85. The molecule has 1 heterocycles. The smallest absolute Gasteiger partial charge is 0.240 e. The Bertz CT molecular complexity index is 1420. The molecule has 1 amide bonds. The molecule has 4 rings (SSSR count). The summed E-state index contributed by atoms with van der Waals surface area (Å²) in [5.74, 6) is -0.150. The zero-order chi connectivity index (χ0) is 24.8. The van der Waals surface area contributed by atoms with Crippen molar-refractivity contribution in [3.05, 3.63) is 96.1 Å². The SMILES string of the molecule is CCC(Sc1cc(C)c2ccccc2n1)C(=O)Nc1ccc(S(=O)(=O)NCc2ccccc2)cc1. The molecule has 0 fully saturated rings. The standard InChI is InChI=1S/C27H27N3O3S2/c1-3-25(34-26-17-19(2)23-11-7-8-12-24(23)30-26)27(31)29-21-13-15-22(16-14-21)35(32,33)28-18-20-9-5-4-6-10-20/h4-17,25,28H,3,18H2,1-2H3,(H,29,31). The van der Waals surface area contributed by atoms with E-state index in [-0.39, 0.29) is 22.6 Å². The molecule has 0 bridgehead atoms. The Morgan fingerprint density at radius 1 is 0.971 bits per heavy atom. The van der Waals surface area contributed by atoms with Crippen molar-refractivity contribution in [2.75, 3.05) is 5.32 Å². The van der Waals surface area contributed by atoms with Gasteiger partial charge < -0.3 is 5.32 Å². The molecule has 35 heavy (non-hydrogen) atoms. The van der Waals surface area contributed by atoms with Gasteiger partial charge in [0.1, 0.15) is 0 Å². The van der Waals surface area contributed by atoms with E-state index in [2.05, 4.69) is 10.0 Å². The van der Waals surface area contributed by atoms with E-state index in [9.17, 15) is 13.2 Å². The number of aryl methyl sites for hydroxylation is 1. The molecule has 0 spiro atoms. The van der Waals surface area contributed by atoms with Gasteiger partial charge in [0, 0.05) is 17.6 Å². The van der Waals surface area contributed by atoms with Gasteiger partial charge in [-0.3, -0.25) is 4.79 Å². The maximum absolute atomic E-state index is 12.9. The monoisotopic (exact) mass is 505 g/mol. The van der Waals surface area contributed by atoms with Gasteiger partial charge in [0.05, 0.1) is 20.7 Å². The fourth-order valence-corrected chi connectivity index (χ4v) is 5.68. The summed E-state index contributed by atoms with van der Waals surface area (Å²) in [4.78, 5) is 17.8. The second-order valence-corrected chi connectivity index (χ2v) is 11.1. The van der Waals surface area contributed by atoms with E-state index in [1.54, 1.807) is 12.1 Å². The second kappa shape index (κ2) is 11.0.